The van der Waals surface area contributed by atoms with Gasteiger partial charge in [0.05, 0.1) is 84.1 Å². The van der Waals surface area contributed by atoms with E-state index in [2.05, 4.69) is 91.0 Å². The number of anilines is 4. The lowest BCUT2D eigenvalue weighted by Gasteiger charge is -2.21. The molecule has 0 amide bonds. The number of rotatable bonds is 26. The number of aromatic hydroxyl groups is 3. The van der Waals surface area contributed by atoms with Crippen molar-refractivity contribution < 1.29 is 72.0 Å². The zero-order valence-corrected chi connectivity index (χ0v) is 65.1. The minimum atomic E-state index is -4.71. The average Bonchev–Trinajstić information content (AvgIpc) is 1.64. The highest BCUT2D eigenvalue weighted by Crippen LogP contribution is 2.49. The van der Waals surface area contributed by atoms with Crippen LogP contribution < -0.4 is 62.8 Å². The topological polar surface area (TPSA) is 273 Å². The van der Waals surface area contributed by atoms with E-state index in [4.69, 9.17) is 57.3 Å². The summed E-state index contributed by atoms with van der Waals surface area (Å²) in [4.78, 5) is 48.1. The zero-order chi connectivity index (χ0) is 77.7. The van der Waals surface area contributed by atoms with Crippen molar-refractivity contribution in [2.75, 3.05) is 131 Å². The van der Waals surface area contributed by atoms with Gasteiger partial charge in [0.15, 0.2) is 40.3 Å². The summed E-state index contributed by atoms with van der Waals surface area (Å²) in [6, 6.07) is 55.3. The van der Waals surface area contributed by atoms with Crippen LogP contribution in [0.4, 0.5) is 22.7 Å². The zero-order valence-electron chi connectivity index (χ0n) is 63.4. The Morgan fingerprint density at radius 1 is 0.407 bits per heavy atom. The highest BCUT2D eigenvalue weighted by molar-refractivity contribution is 7.60. The van der Waals surface area contributed by atoms with E-state index in [9.17, 15) is 29.7 Å². The number of aromatic nitrogens is 4. The Balaban J connectivity index is 0.000000174. The molecule has 0 radical (unpaired) electrons. The smallest absolute Gasteiger partial charge is 0.357 e. The highest BCUT2D eigenvalue weighted by atomic mass is 32.1. The number of oxazole rings is 1. The number of phenolic OH excluding ortho intramolecular Hbond substituents is 3. The van der Waals surface area contributed by atoms with Gasteiger partial charge in [-0.25, -0.2) is 15.0 Å². The summed E-state index contributed by atoms with van der Waals surface area (Å²) in [5.74, 6) is 3.93. The van der Waals surface area contributed by atoms with Gasteiger partial charge in [-0.1, -0.05) is 36.4 Å². The quantitative estimate of drug-likeness (QED) is 0.0275. The lowest BCUT2D eigenvalue weighted by molar-refractivity contribution is 0.340. The van der Waals surface area contributed by atoms with Crippen LogP contribution in [0.5, 0.6) is 63.2 Å². The molecule has 12 aromatic rings. The number of nitrogens with zero attached hydrogens (tertiary/aromatic N) is 7. The Hall–Kier alpha value is -11.8. The number of aromatic amines is 1. The van der Waals surface area contributed by atoms with Gasteiger partial charge in [0.2, 0.25) is 23.1 Å². The molecule has 0 saturated heterocycles. The summed E-state index contributed by atoms with van der Waals surface area (Å²) in [6.45, 7) is 12.5. The second-order valence-electron chi connectivity index (χ2n) is 24.9. The maximum Gasteiger partial charge on any atom is 0.357 e. The Bertz CT molecular complexity index is 4860. The molecule has 25 heteroatoms. The lowest BCUT2D eigenvalue weighted by Crippen LogP contribution is -2.21. The van der Waals surface area contributed by atoms with Crippen molar-refractivity contribution >= 4 is 47.0 Å². The maximum absolute atomic E-state index is 12.6. The third kappa shape index (κ3) is 17.3. The molecule has 0 atom stereocenters. The number of thiazole rings is 1. The van der Waals surface area contributed by atoms with Gasteiger partial charge in [0, 0.05) is 122 Å². The first kappa shape index (κ1) is 78.8. The summed E-state index contributed by atoms with van der Waals surface area (Å²) in [7, 11) is 14.9. The molecule has 564 valence electrons. The van der Waals surface area contributed by atoms with Gasteiger partial charge < -0.3 is 92.0 Å². The minimum absolute atomic E-state index is 0.0373. The predicted molar refractivity (Wildman–Crippen MR) is 431 cm³/mol. The number of hydrogen-bond acceptors (Lipinski definition) is 21. The van der Waals surface area contributed by atoms with Gasteiger partial charge in [-0.05, 0) is 173 Å². The molecule has 12 rings (SSSR count). The van der Waals surface area contributed by atoms with Crippen LogP contribution >= 0.6 is 18.9 Å². The lowest BCUT2D eigenvalue weighted by atomic mass is 10.0. The number of H-pyrrole nitrogens is 1. The summed E-state index contributed by atoms with van der Waals surface area (Å²) >= 11 is 1.55. The Morgan fingerprint density at radius 3 is 1.20 bits per heavy atom. The van der Waals surface area contributed by atoms with E-state index >= 15 is 0 Å². The number of ether oxygens (including phenoxy) is 8. The molecule has 0 bridgehead atoms. The Morgan fingerprint density at radius 2 is 0.787 bits per heavy atom. The molecule has 0 aliphatic carbocycles. The van der Waals surface area contributed by atoms with E-state index in [-0.39, 0.29) is 51.3 Å². The first-order valence-electron chi connectivity index (χ1n) is 34.6. The normalized spacial score (nSPS) is 11.0. The van der Waals surface area contributed by atoms with Gasteiger partial charge in [0.25, 0.3) is 0 Å². The molecule has 108 heavy (non-hydrogen) atoms. The largest absolute Gasteiger partial charge is 0.502 e. The molecule has 0 unspecified atom stereocenters. The second kappa shape index (κ2) is 35.1. The van der Waals surface area contributed by atoms with Crippen LogP contribution in [0.2, 0.25) is 0 Å². The fourth-order valence-electron chi connectivity index (χ4n) is 12.1. The molecule has 9 aromatic carbocycles. The van der Waals surface area contributed by atoms with E-state index in [1.165, 1.54) is 60.1 Å². The summed E-state index contributed by atoms with van der Waals surface area (Å²) in [5.41, 5.74) is 13.9. The summed E-state index contributed by atoms with van der Waals surface area (Å²) in [6.07, 6.45) is 0. The molecule has 6 N–H and O–H groups in total. The van der Waals surface area contributed by atoms with Gasteiger partial charge in [-0.15, -0.1) is 11.3 Å². The van der Waals surface area contributed by atoms with Crippen LogP contribution in [0, 0.1) is 0 Å². The molecular weight excluding hydrogens is 1410 g/mol. The molecular formula is C83H91N8O15PS. The molecule has 0 spiro atoms. The third-order valence-corrected chi connectivity index (χ3v) is 20.3. The third-order valence-electron chi connectivity index (χ3n) is 18.1. The van der Waals surface area contributed by atoms with Crippen molar-refractivity contribution in [2.45, 2.75) is 27.7 Å². The van der Waals surface area contributed by atoms with Crippen LogP contribution in [0.15, 0.2) is 180 Å². The van der Waals surface area contributed by atoms with Gasteiger partial charge in [-0.2, -0.15) is 0 Å². The molecule has 0 aliphatic rings. The molecule has 3 aromatic heterocycles. The van der Waals surface area contributed by atoms with Crippen LogP contribution in [-0.2, 0) is 4.57 Å². The van der Waals surface area contributed by atoms with Crippen molar-refractivity contribution in [1.29, 1.82) is 0 Å². The van der Waals surface area contributed by atoms with E-state index in [0.29, 0.717) is 51.3 Å². The summed E-state index contributed by atoms with van der Waals surface area (Å²) < 4.78 is 61.4. The van der Waals surface area contributed by atoms with Crippen LogP contribution in [0.25, 0.3) is 100 Å². The van der Waals surface area contributed by atoms with Gasteiger partial charge in [0.1, 0.15) is 28.0 Å². The van der Waals surface area contributed by atoms with Crippen LogP contribution in [0.1, 0.15) is 27.7 Å². The number of imidazole rings is 1. The standard InChI is InChI=1S/C31H38N4O3.C27H30N3O7P.C25H23NO5S/c1-7-34(8-2)24-15-11-21(12-16-24)28-29(22-13-17-25(18-14-22)35(9-3)10-4)33-31(32-28)23-19-26(37-5)30(36)27(20-23)38-6;1-29(2)18-9-7-16(8-10-18)24-26(20-12-11-19(30(3)4)15-23(20)38(32,33)34)37-27(28-24)17-13-21(35-5)25(31)22(14-17)36-6;1-28-18-9-5-15(6-10-18)22-24(16-7-11-19(29-2)12-8-16)32-25(26-22)17-13-20(30-3)23(27)21(14-17)31-4/h11-20,36H,7-10H2,1-6H3,(H,32,33);7-15,31H,1-6H3,(H2,32,33,34);5-14,27H,1-4H3. The van der Waals surface area contributed by atoms with Crippen molar-refractivity contribution in [3.8, 4) is 163 Å². The number of benzene rings is 9. The predicted octanol–water partition coefficient (Wildman–Crippen LogP) is 17.0. The summed E-state index contributed by atoms with van der Waals surface area (Å²) in [5, 5.41) is 31.6. The Labute approximate surface area is 633 Å². The fraction of sp³-hybridized carbons (Fsp3) is 0.241. The number of nitrogens with one attached hydrogen (secondary N) is 1. The van der Waals surface area contributed by atoms with E-state index in [0.717, 1.165) is 104 Å². The molecule has 0 aliphatic heterocycles. The average molecular weight is 1500 g/mol. The molecule has 23 nitrogen and oxygen atoms in total. The van der Waals surface area contributed by atoms with Crippen molar-refractivity contribution in [2.24, 2.45) is 0 Å². The Kier molecular flexibility index (Phi) is 25.6. The van der Waals surface area contributed by atoms with E-state index in [1.54, 1.807) is 93.1 Å². The van der Waals surface area contributed by atoms with Crippen molar-refractivity contribution in [1.82, 2.24) is 19.9 Å². The molecule has 0 fully saturated rings. The monoisotopic (exact) mass is 1500 g/mol. The number of hydrogen-bond donors (Lipinski definition) is 6. The van der Waals surface area contributed by atoms with Crippen LogP contribution in [-0.4, -0.2) is 156 Å². The van der Waals surface area contributed by atoms with Crippen molar-refractivity contribution in [3.63, 3.8) is 0 Å². The minimum Gasteiger partial charge on any atom is -0.502 e. The SMILES string of the molecule is CCN(CC)c1ccc(-c2nc(-c3cc(OC)c(O)c(OC)c3)[nH]c2-c2ccc(N(CC)CC)cc2)cc1.COc1cc(-c2nc(-c3ccc(N(C)C)cc3)c(-c3ccc(N(C)C)cc3P(=O)(O)O)o2)cc(OC)c1O.COc1ccc(-c2nc(-c3cc(OC)c(O)c(OC)c3)sc2-c2ccc(OC)cc2)cc1. The molecule has 0 saturated carbocycles. The van der Waals surface area contributed by atoms with Crippen molar-refractivity contribution in [3.05, 3.63) is 176 Å². The van der Waals surface area contributed by atoms with Crippen LogP contribution in [0.3, 0.4) is 0 Å². The van der Waals surface area contributed by atoms with Gasteiger partial charge >= 0.3 is 7.60 Å². The number of phenols is 3. The van der Waals surface area contributed by atoms with E-state index in [1.807, 2.05) is 91.8 Å². The van der Waals surface area contributed by atoms with Gasteiger partial charge in [-0.3, -0.25) is 4.57 Å². The maximum atomic E-state index is 12.6. The molecule has 3 heterocycles. The second-order valence-corrected chi connectivity index (χ2v) is 27.4. The fourth-order valence-corrected chi connectivity index (χ4v) is 14.0. The first-order valence-corrected chi connectivity index (χ1v) is 37.0. The van der Waals surface area contributed by atoms with E-state index < -0.39 is 7.60 Å². The highest BCUT2D eigenvalue weighted by Gasteiger charge is 2.30. The number of methoxy groups -OCH3 is 8. The first-order chi connectivity index (χ1) is 52.0.